The summed E-state index contributed by atoms with van der Waals surface area (Å²) < 4.78 is 5.73. The molecule has 0 aliphatic carbocycles. The van der Waals surface area contributed by atoms with Gasteiger partial charge in [-0.3, -0.25) is 9.59 Å². The first-order valence-electron chi connectivity index (χ1n) is 8.37. The Bertz CT molecular complexity index is 720. The van der Waals surface area contributed by atoms with Crippen LogP contribution in [0.4, 0.5) is 0 Å². The van der Waals surface area contributed by atoms with Crippen molar-refractivity contribution in [2.24, 2.45) is 11.8 Å². The highest BCUT2D eigenvalue weighted by atomic mass is 35.5. The number of hydrogen-bond acceptors (Lipinski definition) is 3. The number of halogens is 1. The van der Waals surface area contributed by atoms with Gasteiger partial charge in [-0.25, -0.2) is 0 Å². The molecule has 2 aromatic rings. The molecule has 2 rings (SSSR count). The van der Waals surface area contributed by atoms with Gasteiger partial charge in [-0.05, 0) is 54.8 Å². The highest BCUT2D eigenvalue weighted by Gasteiger charge is 2.17. The second-order valence-electron chi connectivity index (χ2n) is 6.44. The number of rotatable bonds is 8. The molecule has 3 nitrogen and oxygen atoms in total. The van der Waals surface area contributed by atoms with Gasteiger partial charge in [0.15, 0.2) is 5.78 Å². The van der Waals surface area contributed by atoms with Gasteiger partial charge in [0.1, 0.15) is 11.5 Å². The van der Waals surface area contributed by atoms with Crippen molar-refractivity contribution in [3.63, 3.8) is 0 Å². The molecule has 0 N–H and O–H groups in total. The molecule has 0 saturated carbocycles. The third-order valence-corrected chi connectivity index (χ3v) is 4.71. The minimum atomic E-state index is -0.0276. The number of benzene rings is 2. The quantitative estimate of drug-likeness (QED) is 0.623. The van der Waals surface area contributed by atoms with Crippen LogP contribution in [0.2, 0.25) is 5.02 Å². The molecule has 1 unspecified atom stereocenters. The standard InChI is InChI=1S/C21H23ClO3/c1-14(15(2)16(3)23)13-25-20-10-6-18(7-11-20)21(24)12-17-4-8-19(22)9-5-17/h4-11,14-15H,12-13H2,1-3H3/t14-,15?/m0/s1. The fourth-order valence-electron chi connectivity index (χ4n) is 2.40. The second kappa shape index (κ2) is 8.82. The van der Waals surface area contributed by atoms with Crippen molar-refractivity contribution in [3.8, 4) is 5.75 Å². The minimum absolute atomic E-state index is 0.0276. The number of carbonyl (C=O) groups is 2. The third-order valence-electron chi connectivity index (χ3n) is 4.46. The van der Waals surface area contributed by atoms with Crippen molar-refractivity contribution >= 4 is 23.2 Å². The van der Waals surface area contributed by atoms with Crippen LogP contribution in [0, 0.1) is 11.8 Å². The SMILES string of the molecule is CC(=O)C(C)[C@@H](C)COc1ccc(C(=O)Cc2ccc(Cl)cc2)cc1. The van der Waals surface area contributed by atoms with E-state index in [-0.39, 0.29) is 23.4 Å². The zero-order chi connectivity index (χ0) is 18.4. The molecule has 0 aromatic heterocycles. The zero-order valence-corrected chi connectivity index (χ0v) is 15.5. The van der Waals surface area contributed by atoms with Gasteiger partial charge < -0.3 is 4.74 Å². The van der Waals surface area contributed by atoms with Crippen molar-refractivity contribution in [3.05, 3.63) is 64.7 Å². The molecule has 0 fully saturated rings. The maximum Gasteiger partial charge on any atom is 0.167 e. The maximum absolute atomic E-state index is 12.3. The van der Waals surface area contributed by atoms with E-state index in [2.05, 4.69) is 0 Å². The lowest BCUT2D eigenvalue weighted by atomic mass is 9.93. The van der Waals surface area contributed by atoms with E-state index in [0.717, 1.165) is 5.56 Å². The summed E-state index contributed by atoms with van der Waals surface area (Å²) >= 11 is 5.85. The first kappa shape index (κ1) is 19.2. The Balaban J connectivity index is 1.91. The van der Waals surface area contributed by atoms with E-state index in [4.69, 9.17) is 16.3 Å². The van der Waals surface area contributed by atoms with Gasteiger partial charge in [0.25, 0.3) is 0 Å². The fourth-order valence-corrected chi connectivity index (χ4v) is 2.53. The summed E-state index contributed by atoms with van der Waals surface area (Å²) in [4.78, 5) is 23.7. The second-order valence-corrected chi connectivity index (χ2v) is 6.87. The average molecular weight is 359 g/mol. The molecule has 0 bridgehead atoms. The molecular formula is C21H23ClO3. The van der Waals surface area contributed by atoms with E-state index in [0.29, 0.717) is 29.4 Å². The Kier molecular flexibility index (Phi) is 6.77. The van der Waals surface area contributed by atoms with Crippen molar-refractivity contribution in [2.45, 2.75) is 27.2 Å². The van der Waals surface area contributed by atoms with E-state index >= 15 is 0 Å². The minimum Gasteiger partial charge on any atom is -0.493 e. The van der Waals surface area contributed by atoms with E-state index in [1.54, 1.807) is 43.3 Å². The summed E-state index contributed by atoms with van der Waals surface area (Å²) in [5.41, 5.74) is 1.58. The lowest BCUT2D eigenvalue weighted by Gasteiger charge is -2.17. The van der Waals surface area contributed by atoms with Gasteiger partial charge in [-0.1, -0.05) is 37.6 Å². The van der Waals surface area contributed by atoms with E-state index in [1.165, 1.54) is 0 Å². The molecular weight excluding hydrogens is 336 g/mol. The predicted octanol–water partition coefficient (Wildman–Crippen LogP) is 5.01. The topological polar surface area (TPSA) is 43.4 Å². The van der Waals surface area contributed by atoms with Crippen molar-refractivity contribution in [2.75, 3.05) is 6.61 Å². The van der Waals surface area contributed by atoms with Crippen molar-refractivity contribution in [1.82, 2.24) is 0 Å². The maximum atomic E-state index is 12.3. The van der Waals surface area contributed by atoms with Crippen molar-refractivity contribution < 1.29 is 14.3 Å². The molecule has 0 aliphatic rings. The summed E-state index contributed by atoms with van der Waals surface area (Å²) in [5.74, 6) is 1.03. The number of carbonyl (C=O) groups excluding carboxylic acids is 2. The van der Waals surface area contributed by atoms with Crippen LogP contribution in [0.5, 0.6) is 5.75 Å². The van der Waals surface area contributed by atoms with E-state index in [1.807, 2.05) is 26.0 Å². The Morgan fingerprint density at radius 3 is 2.16 bits per heavy atom. The normalized spacial score (nSPS) is 13.1. The molecule has 25 heavy (non-hydrogen) atoms. The molecule has 0 radical (unpaired) electrons. The van der Waals surface area contributed by atoms with Gasteiger partial charge in [-0.15, -0.1) is 0 Å². The summed E-state index contributed by atoms with van der Waals surface area (Å²) in [5, 5.41) is 0.658. The molecule has 0 amide bonds. The summed E-state index contributed by atoms with van der Waals surface area (Å²) in [6.45, 7) is 5.98. The van der Waals surface area contributed by atoms with Gasteiger partial charge >= 0.3 is 0 Å². The number of ether oxygens (including phenoxy) is 1. The van der Waals surface area contributed by atoms with Crippen LogP contribution in [0.15, 0.2) is 48.5 Å². The number of Topliss-reactive ketones (excluding diaryl/α,β-unsaturated/α-hetero) is 2. The lowest BCUT2D eigenvalue weighted by molar-refractivity contribution is -0.121. The molecule has 2 aromatic carbocycles. The Morgan fingerprint density at radius 1 is 1.00 bits per heavy atom. The molecule has 0 aliphatic heterocycles. The van der Waals surface area contributed by atoms with Gasteiger partial charge in [0.2, 0.25) is 0 Å². The molecule has 132 valence electrons. The number of hydrogen-bond donors (Lipinski definition) is 0. The fraction of sp³-hybridized carbons (Fsp3) is 0.333. The Morgan fingerprint density at radius 2 is 1.60 bits per heavy atom. The first-order chi connectivity index (χ1) is 11.9. The van der Waals surface area contributed by atoms with Crippen LogP contribution < -0.4 is 4.74 Å². The van der Waals surface area contributed by atoms with Gasteiger partial charge in [0.05, 0.1) is 6.61 Å². The largest absolute Gasteiger partial charge is 0.493 e. The third kappa shape index (κ3) is 5.71. The van der Waals surface area contributed by atoms with Crippen molar-refractivity contribution in [1.29, 1.82) is 0 Å². The van der Waals surface area contributed by atoms with Crippen LogP contribution in [-0.4, -0.2) is 18.2 Å². The van der Waals surface area contributed by atoms with Crippen LogP contribution in [0.1, 0.15) is 36.7 Å². The number of ketones is 2. The first-order valence-corrected chi connectivity index (χ1v) is 8.75. The van der Waals surface area contributed by atoms with Crippen LogP contribution in [-0.2, 0) is 11.2 Å². The highest BCUT2D eigenvalue weighted by molar-refractivity contribution is 6.30. The molecule has 0 saturated heterocycles. The van der Waals surface area contributed by atoms with Crippen LogP contribution in [0.25, 0.3) is 0 Å². The van der Waals surface area contributed by atoms with E-state index in [9.17, 15) is 9.59 Å². The molecule has 2 atom stereocenters. The van der Waals surface area contributed by atoms with Gasteiger partial charge in [0, 0.05) is 22.9 Å². The lowest BCUT2D eigenvalue weighted by Crippen LogP contribution is -2.22. The van der Waals surface area contributed by atoms with Gasteiger partial charge in [-0.2, -0.15) is 0 Å². The van der Waals surface area contributed by atoms with Crippen LogP contribution >= 0.6 is 11.6 Å². The summed E-state index contributed by atoms with van der Waals surface area (Å²) in [7, 11) is 0. The smallest absolute Gasteiger partial charge is 0.167 e. The Labute approximate surface area is 154 Å². The average Bonchev–Trinajstić information content (AvgIpc) is 2.61. The monoisotopic (exact) mass is 358 g/mol. The predicted molar refractivity (Wildman–Crippen MR) is 100 cm³/mol. The zero-order valence-electron chi connectivity index (χ0n) is 14.8. The summed E-state index contributed by atoms with van der Waals surface area (Å²) in [6.07, 6.45) is 0.338. The molecule has 0 heterocycles. The Hall–Kier alpha value is -2.13. The molecule has 4 heteroatoms. The van der Waals surface area contributed by atoms with E-state index < -0.39 is 0 Å². The molecule has 0 spiro atoms. The van der Waals surface area contributed by atoms with Crippen LogP contribution in [0.3, 0.4) is 0 Å². The highest BCUT2D eigenvalue weighted by Crippen LogP contribution is 2.18. The summed E-state index contributed by atoms with van der Waals surface area (Å²) in [6, 6.07) is 14.4.